The Morgan fingerprint density at radius 3 is 2.07 bits per heavy atom. The quantitative estimate of drug-likeness (QED) is 0.354. The molecule has 1 aromatic heterocycles. The van der Waals surface area contributed by atoms with Crippen LogP contribution in [0.25, 0.3) is 10.9 Å². The second kappa shape index (κ2) is 15.2. The molecule has 254 valence electrons. The second-order valence-corrected chi connectivity index (χ2v) is 11.2. The molecule has 2 N–H and O–H groups in total. The van der Waals surface area contributed by atoms with E-state index in [-0.39, 0.29) is 76.0 Å². The van der Waals surface area contributed by atoms with E-state index < -0.39 is 41.0 Å². The number of piperazine rings is 2. The lowest BCUT2D eigenvalue weighted by Gasteiger charge is -2.42. The van der Waals surface area contributed by atoms with Crippen molar-refractivity contribution in [2.45, 2.75) is 24.8 Å². The maximum absolute atomic E-state index is 13.7. The third kappa shape index (κ3) is 8.65. The number of hydrogen-bond acceptors (Lipinski definition) is 5. The number of aliphatic hydroxyl groups excluding tert-OH is 1. The Bertz CT molecular complexity index is 1460. The lowest BCUT2D eigenvalue weighted by atomic mass is 9.98. The first kappa shape index (κ1) is 37.4. The molecule has 2 amide bonds. The SMILES string of the molecule is Cl.Cl.O=C(CN1CCN(C(=O)c2cc(C(F)(F)F)cc(C(F)(F)F)c2)[C@H](Cc2c[nH]c3ccccc23)C1)N1CCN(CCO)CC1. The van der Waals surface area contributed by atoms with Crippen LogP contribution in [0.15, 0.2) is 48.7 Å². The zero-order valence-corrected chi connectivity index (χ0v) is 26.2. The van der Waals surface area contributed by atoms with Gasteiger partial charge in [-0.15, -0.1) is 24.8 Å². The third-order valence-electron chi connectivity index (χ3n) is 8.29. The van der Waals surface area contributed by atoms with E-state index in [2.05, 4.69) is 9.88 Å². The Balaban J connectivity index is 0.00000288. The van der Waals surface area contributed by atoms with Crippen molar-refractivity contribution in [1.82, 2.24) is 24.6 Å². The van der Waals surface area contributed by atoms with Gasteiger partial charge in [-0.25, -0.2) is 0 Å². The normalized spacial score (nSPS) is 18.3. The topological polar surface area (TPSA) is 83.1 Å². The molecule has 1 atom stereocenters. The van der Waals surface area contributed by atoms with Gasteiger partial charge >= 0.3 is 12.4 Å². The van der Waals surface area contributed by atoms with Crippen molar-refractivity contribution in [3.8, 4) is 0 Å². The molecule has 3 heterocycles. The van der Waals surface area contributed by atoms with Gasteiger partial charge in [0.15, 0.2) is 0 Å². The van der Waals surface area contributed by atoms with Gasteiger partial charge in [0.25, 0.3) is 5.91 Å². The summed E-state index contributed by atoms with van der Waals surface area (Å²) >= 11 is 0. The molecule has 2 aromatic carbocycles. The number of aliphatic hydroxyl groups is 1. The van der Waals surface area contributed by atoms with Crippen LogP contribution in [-0.4, -0.2) is 113 Å². The predicted octanol–water partition coefficient (Wildman–Crippen LogP) is 4.55. The fourth-order valence-electron chi connectivity index (χ4n) is 5.96. The number of hydrogen-bond donors (Lipinski definition) is 2. The van der Waals surface area contributed by atoms with Crippen molar-refractivity contribution in [3.63, 3.8) is 0 Å². The standard InChI is InChI=1S/C30H33F6N5O3.2ClH/c31-29(32,33)22-13-20(14-23(16-22)30(34,35)36)28(44)41-10-7-39(19-27(43)40-8-5-38(6-9-40)11-12-42)18-24(41)15-21-17-37-26-4-2-1-3-25(21)26;;/h1-4,13-14,16-17,24,37,42H,5-12,15,18-19H2;2*1H/t24-;;/m1../s1. The number of aromatic nitrogens is 1. The molecule has 0 bridgehead atoms. The van der Waals surface area contributed by atoms with E-state index >= 15 is 0 Å². The van der Waals surface area contributed by atoms with Crippen LogP contribution in [0, 0.1) is 0 Å². The van der Waals surface area contributed by atoms with Crippen LogP contribution in [0.4, 0.5) is 26.3 Å². The molecule has 5 rings (SSSR count). The van der Waals surface area contributed by atoms with Gasteiger partial charge in [-0.05, 0) is 36.2 Å². The summed E-state index contributed by atoms with van der Waals surface area (Å²) in [5.41, 5.74) is -2.12. The summed E-state index contributed by atoms with van der Waals surface area (Å²) in [6.45, 7) is 3.35. The van der Waals surface area contributed by atoms with Gasteiger partial charge in [0.05, 0.1) is 24.3 Å². The molecule has 2 aliphatic heterocycles. The largest absolute Gasteiger partial charge is 0.416 e. The average Bonchev–Trinajstić information content (AvgIpc) is 3.39. The molecule has 16 heteroatoms. The number of carbonyl (C=O) groups excluding carboxylic acids is 2. The minimum atomic E-state index is -5.08. The van der Waals surface area contributed by atoms with Gasteiger partial charge in [-0.2, -0.15) is 26.3 Å². The number of halogens is 8. The van der Waals surface area contributed by atoms with Crippen molar-refractivity contribution in [3.05, 3.63) is 70.9 Å². The lowest BCUT2D eigenvalue weighted by Crippen LogP contribution is -2.58. The minimum absolute atomic E-state index is 0. The van der Waals surface area contributed by atoms with Crippen molar-refractivity contribution < 1.29 is 41.0 Å². The Morgan fingerprint density at radius 1 is 0.848 bits per heavy atom. The minimum Gasteiger partial charge on any atom is -0.395 e. The van der Waals surface area contributed by atoms with Gasteiger partial charge in [0.2, 0.25) is 5.91 Å². The zero-order valence-electron chi connectivity index (χ0n) is 24.6. The number of benzene rings is 2. The van der Waals surface area contributed by atoms with E-state index in [1.54, 1.807) is 11.1 Å². The van der Waals surface area contributed by atoms with Crippen LogP contribution in [0.5, 0.6) is 0 Å². The van der Waals surface area contributed by atoms with Gasteiger partial charge in [0.1, 0.15) is 0 Å². The molecule has 0 radical (unpaired) electrons. The number of nitrogens with one attached hydrogen (secondary N) is 1. The number of β-amino-alcohol motifs (C(OH)–C–C–N with tert-alkyl or cyclic N) is 1. The van der Waals surface area contributed by atoms with E-state index in [9.17, 15) is 35.9 Å². The van der Waals surface area contributed by atoms with E-state index in [4.69, 9.17) is 5.11 Å². The van der Waals surface area contributed by atoms with Crippen molar-refractivity contribution in [1.29, 1.82) is 0 Å². The van der Waals surface area contributed by atoms with E-state index in [0.29, 0.717) is 44.9 Å². The highest BCUT2D eigenvalue weighted by Crippen LogP contribution is 2.37. The number of rotatable bonds is 7. The van der Waals surface area contributed by atoms with Crippen LogP contribution >= 0.6 is 24.8 Å². The molecule has 0 unspecified atom stereocenters. The number of fused-ring (bicyclic) bond motifs is 1. The van der Waals surface area contributed by atoms with Crippen LogP contribution in [0.3, 0.4) is 0 Å². The highest BCUT2D eigenvalue weighted by atomic mass is 35.5. The summed E-state index contributed by atoms with van der Waals surface area (Å²) in [4.78, 5) is 37.0. The summed E-state index contributed by atoms with van der Waals surface area (Å²) in [6.07, 6.45) is -8.12. The summed E-state index contributed by atoms with van der Waals surface area (Å²) in [7, 11) is 0. The Kier molecular flexibility index (Phi) is 12.4. The molecule has 2 saturated heterocycles. The number of alkyl halides is 6. The number of aromatic amines is 1. The maximum atomic E-state index is 13.7. The molecular formula is C30H35Cl2F6N5O3. The van der Waals surface area contributed by atoms with Crippen molar-refractivity contribution >= 4 is 47.5 Å². The molecule has 46 heavy (non-hydrogen) atoms. The summed E-state index contributed by atoms with van der Waals surface area (Å²) in [5.74, 6) is -1.04. The van der Waals surface area contributed by atoms with Gasteiger partial charge < -0.3 is 19.9 Å². The highest BCUT2D eigenvalue weighted by Gasteiger charge is 2.39. The fourth-order valence-corrected chi connectivity index (χ4v) is 5.96. The van der Waals surface area contributed by atoms with Gasteiger partial charge in [0, 0.05) is 81.1 Å². The number of carbonyl (C=O) groups is 2. The van der Waals surface area contributed by atoms with E-state index in [1.807, 2.05) is 29.2 Å². The third-order valence-corrected chi connectivity index (χ3v) is 8.29. The Morgan fingerprint density at radius 2 is 1.46 bits per heavy atom. The average molecular weight is 699 g/mol. The molecule has 2 aliphatic rings. The summed E-state index contributed by atoms with van der Waals surface area (Å²) in [6, 6.07) is 7.75. The van der Waals surface area contributed by atoms with E-state index in [1.165, 1.54) is 4.90 Å². The van der Waals surface area contributed by atoms with E-state index in [0.717, 1.165) is 16.5 Å². The first-order valence-corrected chi connectivity index (χ1v) is 14.3. The molecule has 0 aliphatic carbocycles. The van der Waals surface area contributed by atoms with Crippen LogP contribution in [0.2, 0.25) is 0 Å². The number of amides is 2. The first-order valence-electron chi connectivity index (χ1n) is 14.3. The van der Waals surface area contributed by atoms with Crippen molar-refractivity contribution in [2.24, 2.45) is 0 Å². The molecule has 0 saturated carbocycles. The smallest absolute Gasteiger partial charge is 0.395 e. The van der Waals surface area contributed by atoms with Gasteiger partial charge in [-0.3, -0.25) is 19.4 Å². The number of para-hydroxylation sites is 1. The first-order chi connectivity index (χ1) is 20.8. The lowest BCUT2D eigenvalue weighted by molar-refractivity contribution is -0.143. The summed E-state index contributed by atoms with van der Waals surface area (Å²) < 4.78 is 81.3. The van der Waals surface area contributed by atoms with Crippen molar-refractivity contribution in [2.75, 3.05) is 65.5 Å². The molecule has 3 aromatic rings. The maximum Gasteiger partial charge on any atom is 0.416 e. The van der Waals surface area contributed by atoms with Gasteiger partial charge in [-0.1, -0.05) is 18.2 Å². The monoisotopic (exact) mass is 697 g/mol. The summed E-state index contributed by atoms with van der Waals surface area (Å²) in [5, 5.41) is 10.0. The molecule has 0 spiro atoms. The molecular weight excluding hydrogens is 663 g/mol. The second-order valence-electron chi connectivity index (χ2n) is 11.2. The highest BCUT2D eigenvalue weighted by molar-refractivity contribution is 5.95. The molecule has 2 fully saturated rings. The Labute approximate surface area is 274 Å². The Hall–Kier alpha value is -3.04. The number of nitrogens with zero attached hydrogens (tertiary/aromatic N) is 4. The zero-order chi connectivity index (χ0) is 31.6. The van der Waals surface area contributed by atoms with Crippen LogP contribution < -0.4 is 0 Å². The van der Waals surface area contributed by atoms with Crippen LogP contribution in [0.1, 0.15) is 27.0 Å². The predicted molar refractivity (Wildman–Crippen MR) is 164 cm³/mol. The molecule has 8 nitrogen and oxygen atoms in total. The number of H-pyrrole nitrogens is 1. The van der Waals surface area contributed by atoms with Crippen LogP contribution in [-0.2, 0) is 23.6 Å². The fraction of sp³-hybridized carbons (Fsp3) is 0.467.